The Kier molecular flexibility index (Phi) is 4.20. The fourth-order valence-electron chi connectivity index (χ4n) is 0.947. The Hall–Kier alpha value is -0.460. The van der Waals surface area contributed by atoms with Crippen LogP contribution in [0.3, 0.4) is 0 Å². The molecule has 0 aliphatic rings. The highest BCUT2D eigenvalue weighted by atomic mass is 35.5. The highest BCUT2D eigenvalue weighted by Crippen LogP contribution is 2.11. The minimum atomic E-state index is 0.478. The van der Waals surface area contributed by atoms with Crippen LogP contribution in [0.25, 0.3) is 0 Å². The molecule has 0 radical (unpaired) electrons. The Morgan fingerprint density at radius 2 is 1.92 bits per heavy atom. The zero-order valence-corrected chi connectivity index (χ0v) is 8.15. The van der Waals surface area contributed by atoms with Crippen molar-refractivity contribution in [1.29, 1.82) is 0 Å². The Morgan fingerprint density at radius 3 is 2.50 bits per heavy atom. The number of halogens is 2. The molecule has 0 saturated heterocycles. The van der Waals surface area contributed by atoms with Crippen LogP contribution >= 0.6 is 23.2 Å². The molecular weight excluding hydrogens is 191 g/mol. The summed E-state index contributed by atoms with van der Waals surface area (Å²) in [5.74, 6) is 0.478. The van der Waals surface area contributed by atoms with Crippen molar-refractivity contribution in [3.63, 3.8) is 0 Å². The molecule has 0 atom stereocenters. The molecule has 0 aliphatic carbocycles. The van der Waals surface area contributed by atoms with Crippen LogP contribution in [-0.2, 0) is 6.42 Å². The topological polar surface area (TPSA) is 0 Å². The SMILES string of the molecule is ClCC=C(Cl)Cc1ccccc1. The first-order valence-electron chi connectivity index (χ1n) is 3.77. The van der Waals surface area contributed by atoms with E-state index in [2.05, 4.69) is 0 Å². The highest BCUT2D eigenvalue weighted by molar-refractivity contribution is 6.30. The second kappa shape index (κ2) is 5.23. The molecule has 0 spiro atoms. The lowest BCUT2D eigenvalue weighted by Gasteiger charge is -1.97. The Labute approximate surface area is 82.8 Å². The molecule has 1 aromatic carbocycles. The van der Waals surface area contributed by atoms with Gasteiger partial charge in [0.15, 0.2) is 0 Å². The first kappa shape index (κ1) is 9.63. The van der Waals surface area contributed by atoms with Crippen molar-refractivity contribution in [3.05, 3.63) is 47.0 Å². The molecule has 0 N–H and O–H groups in total. The minimum absolute atomic E-state index is 0.478. The number of alkyl halides is 1. The van der Waals surface area contributed by atoms with Gasteiger partial charge in [0.05, 0.1) is 0 Å². The minimum Gasteiger partial charge on any atom is -0.122 e. The first-order valence-corrected chi connectivity index (χ1v) is 4.68. The largest absolute Gasteiger partial charge is 0.122 e. The van der Waals surface area contributed by atoms with Crippen molar-refractivity contribution in [2.24, 2.45) is 0 Å². The molecule has 2 heteroatoms. The van der Waals surface area contributed by atoms with Crippen molar-refractivity contribution in [2.75, 3.05) is 5.88 Å². The number of hydrogen-bond donors (Lipinski definition) is 0. The van der Waals surface area contributed by atoms with E-state index in [-0.39, 0.29) is 0 Å². The van der Waals surface area contributed by atoms with Crippen LogP contribution < -0.4 is 0 Å². The van der Waals surface area contributed by atoms with Crippen molar-refractivity contribution >= 4 is 23.2 Å². The third kappa shape index (κ3) is 3.29. The van der Waals surface area contributed by atoms with Crippen molar-refractivity contribution in [2.45, 2.75) is 6.42 Å². The van der Waals surface area contributed by atoms with Gasteiger partial charge in [0.1, 0.15) is 0 Å². The normalized spacial score (nSPS) is 11.7. The van der Waals surface area contributed by atoms with E-state index in [0.29, 0.717) is 5.88 Å². The van der Waals surface area contributed by atoms with Gasteiger partial charge in [-0.2, -0.15) is 0 Å². The van der Waals surface area contributed by atoms with Gasteiger partial charge in [-0.15, -0.1) is 11.6 Å². The van der Waals surface area contributed by atoms with E-state index in [0.717, 1.165) is 11.5 Å². The van der Waals surface area contributed by atoms with Crippen LogP contribution in [0.2, 0.25) is 0 Å². The van der Waals surface area contributed by atoms with Gasteiger partial charge in [0.2, 0.25) is 0 Å². The summed E-state index contributed by atoms with van der Waals surface area (Å²) >= 11 is 11.4. The maximum Gasteiger partial charge on any atom is 0.0418 e. The summed E-state index contributed by atoms with van der Waals surface area (Å²) in [4.78, 5) is 0. The molecule has 0 aliphatic heterocycles. The van der Waals surface area contributed by atoms with Gasteiger partial charge in [0, 0.05) is 17.3 Å². The van der Waals surface area contributed by atoms with E-state index < -0.39 is 0 Å². The van der Waals surface area contributed by atoms with E-state index in [9.17, 15) is 0 Å². The Morgan fingerprint density at radius 1 is 1.25 bits per heavy atom. The lowest BCUT2D eigenvalue weighted by molar-refractivity contribution is 1.23. The smallest absolute Gasteiger partial charge is 0.0418 e. The molecule has 0 fully saturated rings. The van der Waals surface area contributed by atoms with Gasteiger partial charge in [-0.05, 0) is 5.56 Å². The van der Waals surface area contributed by atoms with E-state index >= 15 is 0 Å². The highest BCUT2D eigenvalue weighted by Gasteiger charge is 1.93. The number of allylic oxidation sites excluding steroid dienone is 2. The van der Waals surface area contributed by atoms with Crippen molar-refractivity contribution in [1.82, 2.24) is 0 Å². The summed E-state index contributed by atoms with van der Waals surface area (Å²) in [6, 6.07) is 10.1. The van der Waals surface area contributed by atoms with Gasteiger partial charge in [-0.25, -0.2) is 0 Å². The van der Waals surface area contributed by atoms with Crippen LogP contribution in [-0.4, -0.2) is 5.88 Å². The van der Waals surface area contributed by atoms with Crippen LogP contribution in [0.5, 0.6) is 0 Å². The van der Waals surface area contributed by atoms with Gasteiger partial charge >= 0.3 is 0 Å². The van der Waals surface area contributed by atoms with Crippen LogP contribution in [0.1, 0.15) is 5.56 Å². The molecule has 12 heavy (non-hydrogen) atoms. The van der Waals surface area contributed by atoms with Gasteiger partial charge < -0.3 is 0 Å². The van der Waals surface area contributed by atoms with E-state index in [1.165, 1.54) is 5.56 Å². The van der Waals surface area contributed by atoms with Crippen LogP contribution in [0, 0.1) is 0 Å². The summed E-state index contributed by atoms with van der Waals surface area (Å²) in [7, 11) is 0. The van der Waals surface area contributed by atoms with Gasteiger partial charge in [-0.3, -0.25) is 0 Å². The van der Waals surface area contributed by atoms with Crippen molar-refractivity contribution in [3.8, 4) is 0 Å². The monoisotopic (exact) mass is 200 g/mol. The first-order chi connectivity index (χ1) is 5.83. The molecule has 1 rings (SSSR count). The second-order valence-corrected chi connectivity index (χ2v) is 3.26. The molecule has 0 nitrogen and oxygen atoms in total. The molecule has 1 aromatic rings. The second-order valence-electron chi connectivity index (χ2n) is 2.47. The van der Waals surface area contributed by atoms with E-state index in [1.807, 2.05) is 36.4 Å². The Balaban J connectivity index is 2.58. The average Bonchev–Trinajstić information content (AvgIpc) is 2.06. The third-order valence-corrected chi connectivity index (χ3v) is 1.96. The van der Waals surface area contributed by atoms with E-state index in [1.54, 1.807) is 0 Å². The quantitative estimate of drug-likeness (QED) is 0.655. The zero-order valence-electron chi connectivity index (χ0n) is 6.63. The summed E-state index contributed by atoms with van der Waals surface area (Å²) in [5, 5.41) is 0.802. The summed E-state index contributed by atoms with van der Waals surface area (Å²) in [5.41, 5.74) is 1.21. The fraction of sp³-hybridized carbons (Fsp3) is 0.200. The summed E-state index contributed by atoms with van der Waals surface area (Å²) in [6.45, 7) is 0. The lowest BCUT2D eigenvalue weighted by Crippen LogP contribution is -1.83. The predicted octanol–water partition coefficient (Wildman–Crippen LogP) is 3.59. The number of hydrogen-bond acceptors (Lipinski definition) is 0. The lowest BCUT2D eigenvalue weighted by atomic mass is 10.1. The molecule has 0 heterocycles. The number of rotatable bonds is 3. The maximum absolute atomic E-state index is 5.89. The average molecular weight is 201 g/mol. The summed E-state index contributed by atoms with van der Waals surface area (Å²) < 4.78 is 0. The van der Waals surface area contributed by atoms with E-state index in [4.69, 9.17) is 23.2 Å². The standard InChI is InChI=1S/C10H10Cl2/c11-7-6-10(12)8-9-4-2-1-3-5-9/h1-6H,7-8H2. The van der Waals surface area contributed by atoms with Crippen LogP contribution in [0.15, 0.2) is 41.4 Å². The molecule has 0 saturated carbocycles. The molecule has 0 amide bonds. The fourth-order valence-corrected chi connectivity index (χ4v) is 1.44. The van der Waals surface area contributed by atoms with Crippen molar-refractivity contribution < 1.29 is 0 Å². The van der Waals surface area contributed by atoms with Gasteiger partial charge in [0.25, 0.3) is 0 Å². The maximum atomic E-state index is 5.89. The molecular formula is C10H10Cl2. The van der Waals surface area contributed by atoms with Crippen LogP contribution in [0.4, 0.5) is 0 Å². The van der Waals surface area contributed by atoms with Gasteiger partial charge in [-0.1, -0.05) is 48.0 Å². The molecule has 0 bridgehead atoms. The Bertz CT molecular complexity index is 252. The summed E-state index contributed by atoms with van der Waals surface area (Å²) in [6.07, 6.45) is 2.59. The third-order valence-electron chi connectivity index (χ3n) is 1.51. The molecule has 0 unspecified atom stereocenters. The molecule has 0 aromatic heterocycles. The predicted molar refractivity (Wildman–Crippen MR) is 54.8 cm³/mol. The number of benzene rings is 1. The molecule has 64 valence electrons. The zero-order chi connectivity index (χ0) is 8.81.